The maximum Gasteiger partial charge on any atom is 0.320 e. The summed E-state index contributed by atoms with van der Waals surface area (Å²) in [5, 5.41) is 35.9. The van der Waals surface area contributed by atoms with Crippen LogP contribution in [0.15, 0.2) is 0 Å². The second kappa shape index (κ2) is 16.3. The summed E-state index contributed by atoms with van der Waals surface area (Å²) in [6.45, 7) is 3.29. The van der Waals surface area contributed by atoms with Crippen molar-refractivity contribution in [3.63, 3.8) is 0 Å². The summed E-state index contributed by atoms with van der Waals surface area (Å²) in [7, 11) is 0. The first-order valence-corrected chi connectivity index (χ1v) is 10.1. The van der Waals surface area contributed by atoms with E-state index in [1.54, 1.807) is 20.8 Å². The molecule has 0 saturated carbocycles. The fourth-order valence-electron chi connectivity index (χ4n) is 2.42. The number of carbonyl (C=O) groups excluding carboxylic acids is 1. The van der Waals surface area contributed by atoms with Gasteiger partial charge < -0.3 is 34.6 Å². The molecule has 0 heterocycles. The summed E-state index contributed by atoms with van der Waals surface area (Å²) in [6.07, 6.45) is -1.32. The number of aliphatic hydroxyl groups excluding tert-OH is 1. The van der Waals surface area contributed by atoms with Crippen LogP contribution in [-0.2, 0) is 33.4 Å². The van der Waals surface area contributed by atoms with Crippen LogP contribution < -0.4 is 0 Å². The van der Waals surface area contributed by atoms with Gasteiger partial charge in [0, 0.05) is 13.1 Å². The average Bonchev–Trinajstić information content (AvgIpc) is 2.65. The fraction of sp³-hybridized carbons (Fsp3) is 0.789. The van der Waals surface area contributed by atoms with Gasteiger partial charge in [0.25, 0.3) is 0 Å². The number of esters is 1. The molecular weight excluding hydrogens is 432 g/mol. The molecule has 0 radical (unpaired) electrons. The van der Waals surface area contributed by atoms with Crippen molar-refractivity contribution >= 4 is 23.9 Å². The first-order chi connectivity index (χ1) is 14.9. The number of aliphatic carboxylic acids is 3. The van der Waals surface area contributed by atoms with E-state index in [2.05, 4.69) is 0 Å². The highest BCUT2D eigenvalue weighted by molar-refractivity contribution is 5.74. The standard InChI is InChI=1S/C19H34N2O11/c1-13(22)10-30-14(2)11-31-15(3)12-32-19(29)9-21(8-18(27)28)5-4-20(6-16(23)24)7-17(25)26/h13-15,22H,4-12H2,1-3H3,(H,23,24)(H,25,26)(H,27,28). The number of carboxylic acid groups (broad SMARTS) is 3. The van der Waals surface area contributed by atoms with Gasteiger partial charge in [-0.15, -0.1) is 0 Å². The third kappa shape index (κ3) is 17.4. The van der Waals surface area contributed by atoms with Gasteiger partial charge in [-0.25, -0.2) is 0 Å². The zero-order chi connectivity index (χ0) is 24.7. The van der Waals surface area contributed by atoms with Crippen LogP contribution in [0.5, 0.6) is 0 Å². The summed E-state index contributed by atoms with van der Waals surface area (Å²) in [6, 6.07) is 0. The molecule has 186 valence electrons. The highest BCUT2D eigenvalue weighted by atomic mass is 16.6. The molecule has 0 aliphatic rings. The van der Waals surface area contributed by atoms with E-state index in [1.165, 1.54) is 4.90 Å². The van der Waals surface area contributed by atoms with Crippen molar-refractivity contribution < 1.29 is 53.8 Å². The summed E-state index contributed by atoms with van der Waals surface area (Å²) in [5.41, 5.74) is 0. The van der Waals surface area contributed by atoms with Crippen molar-refractivity contribution in [3.8, 4) is 0 Å². The predicted molar refractivity (Wildman–Crippen MR) is 109 cm³/mol. The highest BCUT2D eigenvalue weighted by Crippen LogP contribution is 2.00. The van der Waals surface area contributed by atoms with Crippen molar-refractivity contribution in [3.05, 3.63) is 0 Å². The molecule has 32 heavy (non-hydrogen) atoms. The van der Waals surface area contributed by atoms with E-state index >= 15 is 0 Å². The Balaban J connectivity index is 4.51. The van der Waals surface area contributed by atoms with Crippen molar-refractivity contribution in [2.24, 2.45) is 0 Å². The minimum Gasteiger partial charge on any atom is -0.480 e. The molecule has 0 aromatic rings. The maximum absolute atomic E-state index is 12.1. The summed E-state index contributed by atoms with van der Waals surface area (Å²) < 4.78 is 15.9. The SMILES string of the molecule is CC(O)COC(C)COC(C)COC(=O)CN(CCN(CC(=O)O)CC(=O)O)CC(=O)O. The molecule has 0 aliphatic carbocycles. The molecule has 0 aromatic heterocycles. The zero-order valence-electron chi connectivity index (χ0n) is 18.6. The summed E-state index contributed by atoms with van der Waals surface area (Å²) in [4.78, 5) is 47.2. The highest BCUT2D eigenvalue weighted by Gasteiger charge is 2.19. The number of ether oxygens (including phenoxy) is 3. The Morgan fingerprint density at radius 2 is 1.09 bits per heavy atom. The number of hydrogen-bond acceptors (Lipinski definition) is 10. The van der Waals surface area contributed by atoms with E-state index in [9.17, 15) is 24.3 Å². The van der Waals surface area contributed by atoms with Gasteiger partial charge in [-0.2, -0.15) is 0 Å². The number of hydrogen-bond donors (Lipinski definition) is 4. The number of nitrogens with zero attached hydrogens (tertiary/aromatic N) is 2. The minimum absolute atomic E-state index is 0.0495. The molecule has 0 spiro atoms. The van der Waals surface area contributed by atoms with Gasteiger partial charge in [-0.3, -0.25) is 29.0 Å². The van der Waals surface area contributed by atoms with Gasteiger partial charge in [-0.05, 0) is 20.8 Å². The Kier molecular flexibility index (Phi) is 15.1. The number of carboxylic acids is 3. The van der Waals surface area contributed by atoms with Crippen LogP contribution >= 0.6 is 0 Å². The molecule has 13 heteroatoms. The molecule has 4 N–H and O–H groups in total. The van der Waals surface area contributed by atoms with Crippen LogP contribution in [0.1, 0.15) is 20.8 Å². The van der Waals surface area contributed by atoms with Crippen molar-refractivity contribution in [1.82, 2.24) is 9.80 Å². The predicted octanol–water partition coefficient (Wildman–Crippen LogP) is -1.42. The summed E-state index contributed by atoms with van der Waals surface area (Å²) in [5.74, 6) is -4.36. The van der Waals surface area contributed by atoms with Crippen molar-refractivity contribution in [1.29, 1.82) is 0 Å². The summed E-state index contributed by atoms with van der Waals surface area (Å²) >= 11 is 0. The third-order valence-corrected chi connectivity index (χ3v) is 3.88. The van der Waals surface area contributed by atoms with E-state index in [-0.39, 0.29) is 45.6 Å². The first kappa shape index (κ1) is 29.7. The molecule has 0 amide bonds. The van der Waals surface area contributed by atoms with E-state index in [1.807, 2.05) is 0 Å². The van der Waals surface area contributed by atoms with Gasteiger partial charge in [0.2, 0.25) is 0 Å². The van der Waals surface area contributed by atoms with Crippen LogP contribution in [-0.4, -0.2) is 132 Å². The molecule has 0 aromatic carbocycles. The van der Waals surface area contributed by atoms with Crippen LogP contribution in [0.2, 0.25) is 0 Å². The van der Waals surface area contributed by atoms with Gasteiger partial charge >= 0.3 is 23.9 Å². The smallest absolute Gasteiger partial charge is 0.320 e. The van der Waals surface area contributed by atoms with E-state index in [0.717, 1.165) is 4.90 Å². The molecule has 0 rings (SSSR count). The van der Waals surface area contributed by atoms with Gasteiger partial charge in [0.1, 0.15) is 6.61 Å². The lowest BCUT2D eigenvalue weighted by molar-refractivity contribution is -0.151. The minimum atomic E-state index is -1.23. The van der Waals surface area contributed by atoms with Gasteiger partial charge in [0.05, 0.1) is 57.7 Å². The largest absolute Gasteiger partial charge is 0.480 e. The molecule has 0 aliphatic heterocycles. The molecule has 0 bridgehead atoms. The Labute approximate surface area is 186 Å². The van der Waals surface area contributed by atoms with Crippen molar-refractivity contribution in [2.75, 3.05) is 59.1 Å². The molecule has 13 nitrogen and oxygen atoms in total. The first-order valence-electron chi connectivity index (χ1n) is 10.1. The Hall–Kier alpha value is -2.32. The van der Waals surface area contributed by atoms with Crippen molar-refractivity contribution in [2.45, 2.75) is 39.1 Å². The molecular formula is C19H34N2O11. The Morgan fingerprint density at radius 3 is 1.53 bits per heavy atom. The van der Waals surface area contributed by atoms with E-state index in [4.69, 9.17) is 29.5 Å². The normalized spacial score (nSPS) is 14.2. The molecule has 3 atom stereocenters. The zero-order valence-corrected chi connectivity index (χ0v) is 18.6. The fourth-order valence-corrected chi connectivity index (χ4v) is 2.42. The molecule has 0 saturated heterocycles. The van der Waals surface area contributed by atoms with Gasteiger partial charge in [0.15, 0.2) is 0 Å². The van der Waals surface area contributed by atoms with Crippen LogP contribution in [0.4, 0.5) is 0 Å². The topological polar surface area (TPSA) is 183 Å². The molecule has 0 fully saturated rings. The van der Waals surface area contributed by atoms with Gasteiger partial charge in [-0.1, -0.05) is 0 Å². The van der Waals surface area contributed by atoms with E-state index < -0.39 is 55.7 Å². The number of rotatable bonds is 19. The lowest BCUT2D eigenvalue weighted by atomic mass is 10.3. The van der Waals surface area contributed by atoms with Crippen LogP contribution in [0.3, 0.4) is 0 Å². The quantitative estimate of drug-likeness (QED) is 0.163. The third-order valence-electron chi connectivity index (χ3n) is 3.88. The maximum atomic E-state index is 12.1. The lowest BCUT2D eigenvalue weighted by Gasteiger charge is -2.24. The van der Waals surface area contributed by atoms with E-state index in [0.29, 0.717) is 0 Å². The second-order valence-electron chi connectivity index (χ2n) is 7.42. The second-order valence-corrected chi connectivity index (χ2v) is 7.42. The number of carbonyl (C=O) groups is 4. The number of aliphatic hydroxyl groups is 1. The van der Waals surface area contributed by atoms with Crippen LogP contribution in [0.25, 0.3) is 0 Å². The lowest BCUT2D eigenvalue weighted by Crippen LogP contribution is -2.43. The Bertz CT molecular complexity index is 584. The molecule has 3 unspecified atom stereocenters. The van der Waals surface area contributed by atoms with Crippen LogP contribution in [0, 0.1) is 0 Å². The average molecular weight is 466 g/mol. The Morgan fingerprint density at radius 1 is 0.688 bits per heavy atom. The monoisotopic (exact) mass is 466 g/mol.